The maximum Gasteiger partial charge on any atom is 0.307 e. The first-order valence-electron chi connectivity index (χ1n) is 17.0. The van der Waals surface area contributed by atoms with Crippen molar-refractivity contribution in [2.24, 2.45) is 5.92 Å². The van der Waals surface area contributed by atoms with E-state index in [1.807, 2.05) is 6.20 Å². The number of aliphatic carboxylic acids is 1. The Hall–Kier alpha value is -4.57. The van der Waals surface area contributed by atoms with E-state index in [9.17, 15) is 15.0 Å². The Morgan fingerprint density at radius 3 is 2.27 bits per heavy atom. The predicted molar refractivity (Wildman–Crippen MR) is 193 cm³/mol. The molecule has 2 N–H and O–H groups in total. The van der Waals surface area contributed by atoms with Crippen LogP contribution in [-0.4, -0.2) is 82.5 Å². The molecule has 256 valence electrons. The number of carboxylic acids is 1. The van der Waals surface area contributed by atoms with E-state index in [-0.39, 0.29) is 12.0 Å². The lowest BCUT2D eigenvalue weighted by atomic mass is 9.90. The molecule has 2 aliphatic rings. The van der Waals surface area contributed by atoms with Gasteiger partial charge in [0.15, 0.2) is 0 Å². The Kier molecular flexibility index (Phi) is 10.4. The average Bonchev–Trinajstić information content (AvgIpc) is 3.74. The fraction of sp³-hybridized carbons (Fsp3) is 0.375. The number of ether oxygens (including phenoxy) is 2. The number of benzene rings is 3. The number of carbonyl (C=O) groups is 1. The Morgan fingerprint density at radius 1 is 0.878 bits per heavy atom. The average molecular weight is 663 g/mol. The van der Waals surface area contributed by atoms with Gasteiger partial charge in [-0.15, -0.1) is 0 Å². The minimum Gasteiger partial charge on any atom is -0.496 e. The SMILES string of the molecule is COc1cc(/C=C/c2cccc(-c3cccc(-c4cnc(CN5CC[C@@H](O)C5)c(OC)n4)c3C)c2C)c(C)cc1CN1CC[C@@H](C(=O)O)C1. The summed E-state index contributed by atoms with van der Waals surface area (Å²) in [6.45, 7) is 10.5. The number of nitrogens with zero attached hydrogens (tertiary/aromatic N) is 4. The minimum absolute atomic E-state index is 0.289. The smallest absolute Gasteiger partial charge is 0.307 e. The summed E-state index contributed by atoms with van der Waals surface area (Å²) >= 11 is 0. The van der Waals surface area contributed by atoms with Crippen LogP contribution in [0.1, 0.15) is 51.9 Å². The lowest BCUT2D eigenvalue weighted by Crippen LogP contribution is -2.23. The van der Waals surface area contributed by atoms with E-state index in [0.29, 0.717) is 38.5 Å². The van der Waals surface area contributed by atoms with Crippen molar-refractivity contribution in [2.45, 2.75) is 52.8 Å². The number of β-amino-alcohol motifs (C(OH)–C–C–N with tert-alkyl or cyclic N) is 1. The summed E-state index contributed by atoms with van der Waals surface area (Å²) in [5.74, 6) is 0.300. The van der Waals surface area contributed by atoms with Crippen LogP contribution in [0, 0.1) is 26.7 Å². The number of hydrogen-bond acceptors (Lipinski definition) is 8. The van der Waals surface area contributed by atoms with Crippen LogP contribution in [0.15, 0.2) is 54.7 Å². The highest BCUT2D eigenvalue weighted by Crippen LogP contribution is 2.35. The highest BCUT2D eigenvalue weighted by molar-refractivity contribution is 5.82. The van der Waals surface area contributed by atoms with E-state index in [4.69, 9.17) is 19.4 Å². The zero-order valence-electron chi connectivity index (χ0n) is 29.1. The molecule has 6 rings (SSSR count). The number of aryl methyl sites for hydroxylation is 1. The van der Waals surface area contributed by atoms with Gasteiger partial charge in [0.1, 0.15) is 11.4 Å². The van der Waals surface area contributed by atoms with Gasteiger partial charge in [-0.2, -0.15) is 0 Å². The quantitative estimate of drug-likeness (QED) is 0.177. The number of rotatable bonds is 11. The molecule has 2 atom stereocenters. The molecular weight excluding hydrogens is 616 g/mol. The van der Waals surface area contributed by atoms with E-state index in [0.717, 1.165) is 81.2 Å². The predicted octanol–water partition coefficient (Wildman–Crippen LogP) is 6.40. The van der Waals surface area contributed by atoms with Crippen LogP contribution >= 0.6 is 0 Å². The number of aliphatic hydroxyl groups is 1. The fourth-order valence-corrected chi connectivity index (χ4v) is 7.15. The molecule has 3 aromatic carbocycles. The monoisotopic (exact) mass is 662 g/mol. The summed E-state index contributed by atoms with van der Waals surface area (Å²) < 4.78 is 11.5. The third-order valence-corrected chi connectivity index (χ3v) is 10.0. The maximum absolute atomic E-state index is 11.4. The van der Waals surface area contributed by atoms with Crippen molar-refractivity contribution in [1.82, 2.24) is 19.8 Å². The molecule has 0 unspecified atom stereocenters. The summed E-state index contributed by atoms with van der Waals surface area (Å²) in [6.07, 6.45) is 7.29. The topological polar surface area (TPSA) is 108 Å². The number of aliphatic hydroxyl groups excluding tert-OH is 1. The first kappa shape index (κ1) is 34.3. The Balaban J connectivity index is 1.23. The highest BCUT2D eigenvalue weighted by Gasteiger charge is 2.28. The van der Waals surface area contributed by atoms with Crippen molar-refractivity contribution < 1.29 is 24.5 Å². The van der Waals surface area contributed by atoms with Crippen LogP contribution in [0.25, 0.3) is 34.5 Å². The molecule has 0 amide bonds. The molecule has 9 nitrogen and oxygen atoms in total. The van der Waals surface area contributed by atoms with Gasteiger partial charge in [0.05, 0.1) is 38.1 Å². The Labute approximate surface area is 288 Å². The van der Waals surface area contributed by atoms with Gasteiger partial charge in [-0.05, 0) is 85.2 Å². The molecule has 0 spiro atoms. The second kappa shape index (κ2) is 14.9. The Morgan fingerprint density at radius 2 is 1.57 bits per heavy atom. The molecule has 1 aromatic heterocycles. The zero-order valence-corrected chi connectivity index (χ0v) is 29.1. The molecule has 0 aliphatic carbocycles. The summed E-state index contributed by atoms with van der Waals surface area (Å²) in [4.78, 5) is 25.4. The molecular formula is C40H46N4O5. The molecule has 4 aromatic rings. The van der Waals surface area contributed by atoms with Crippen molar-refractivity contribution in [3.05, 3.63) is 93.8 Å². The normalized spacial score (nSPS) is 18.4. The standard InChI is InChI=1S/C40H46N4O5/c1-25-18-31(22-43-16-14-30(21-43)40(46)47)38(48-4)19-29(25)13-12-28-8-6-9-33(26(28)2)34-10-7-11-35(27(34)3)36-20-41-37(39(42-36)49-5)24-44-17-15-32(45)23-44/h6-13,18-20,30,32,45H,14-17,21-24H2,1-5H3,(H,46,47)/b13-12+/t30-,32-/m1/s1. The minimum atomic E-state index is -0.718. The van der Waals surface area contributed by atoms with Crippen molar-refractivity contribution in [3.63, 3.8) is 0 Å². The molecule has 2 fully saturated rings. The van der Waals surface area contributed by atoms with Gasteiger partial charge in [-0.3, -0.25) is 19.6 Å². The molecule has 0 bridgehead atoms. The number of aromatic nitrogens is 2. The zero-order chi connectivity index (χ0) is 34.7. The van der Waals surface area contributed by atoms with Crippen LogP contribution in [0.4, 0.5) is 0 Å². The fourth-order valence-electron chi connectivity index (χ4n) is 7.15. The van der Waals surface area contributed by atoms with Gasteiger partial charge in [0.2, 0.25) is 5.88 Å². The van der Waals surface area contributed by atoms with Gasteiger partial charge in [0.25, 0.3) is 0 Å². The van der Waals surface area contributed by atoms with Crippen LogP contribution in [0.5, 0.6) is 11.6 Å². The Bertz CT molecular complexity index is 1870. The number of carboxylic acid groups (broad SMARTS) is 1. The first-order chi connectivity index (χ1) is 23.6. The lowest BCUT2D eigenvalue weighted by Gasteiger charge is -2.19. The lowest BCUT2D eigenvalue weighted by molar-refractivity contribution is -0.141. The van der Waals surface area contributed by atoms with Gasteiger partial charge < -0.3 is 19.7 Å². The highest BCUT2D eigenvalue weighted by atomic mass is 16.5. The van der Waals surface area contributed by atoms with E-state index in [2.05, 4.69) is 91.3 Å². The summed E-state index contributed by atoms with van der Waals surface area (Å²) in [6, 6.07) is 16.9. The second-order valence-corrected chi connectivity index (χ2v) is 13.3. The number of likely N-dealkylation sites (tertiary alicyclic amines) is 2. The van der Waals surface area contributed by atoms with E-state index in [1.54, 1.807) is 14.2 Å². The van der Waals surface area contributed by atoms with E-state index in [1.165, 1.54) is 5.56 Å². The number of methoxy groups -OCH3 is 2. The maximum atomic E-state index is 11.4. The second-order valence-electron chi connectivity index (χ2n) is 13.3. The molecule has 0 radical (unpaired) electrons. The molecule has 0 saturated carbocycles. The van der Waals surface area contributed by atoms with Crippen molar-refractivity contribution in [1.29, 1.82) is 0 Å². The van der Waals surface area contributed by atoms with Crippen LogP contribution in [0.2, 0.25) is 0 Å². The molecule has 49 heavy (non-hydrogen) atoms. The van der Waals surface area contributed by atoms with Crippen LogP contribution in [0.3, 0.4) is 0 Å². The van der Waals surface area contributed by atoms with E-state index < -0.39 is 5.97 Å². The van der Waals surface area contributed by atoms with Crippen molar-refractivity contribution >= 4 is 18.1 Å². The molecule has 2 saturated heterocycles. The summed E-state index contributed by atoms with van der Waals surface area (Å²) in [5, 5.41) is 19.3. The summed E-state index contributed by atoms with van der Waals surface area (Å²) in [5.41, 5.74) is 11.5. The van der Waals surface area contributed by atoms with Gasteiger partial charge >= 0.3 is 5.97 Å². The third-order valence-electron chi connectivity index (χ3n) is 10.0. The van der Waals surface area contributed by atoms with Gasteiger partial charge in [0, 0.05) is 43.9 Å². The van der Waals surface area contributed by atoms with Crippen LogP contribution < -0.4 is 9.47 Å². The molecule has 2 aliphatic heterocycles. The number of hydrogen-bond donors (Lipinski definition) is 2. The largest absolute Gasteiger partial charge is 0.496 e. The van der Waals surface area contributed by atoms with E-state index >= 15 is 0 Å². The van der Waals surface area contributed by atoms with Gasteiger partial charge in [-0.25, -0.2) is 4.98 Å². The van der Waals surface area contributed by atoms with Crippen molar-refractivity contribution in [3.8, 4) is 34.0 Å². The summed E-state index contributed by atoms with van der Waals surface area (Å²) in [7, 11) is 3.31. The van der Waals surface area contributed by atoms with Crippen LogP contribution in [-0.2, 0) is 17.9 Å². The van der Waals surface area contributed by atoms with Crippen molar-refractivity contribution in [2.75, 3.05) is 40.4 Å². The molecule has 9 heteroatoms. The first-order valence-corrected chi connectivity index (χ1v) is 17.0. The molecule has 3 heterocycles. The third kappa shape index (κ3) is 7.54. The van der Waals surface area contributed by atoms with Gasteiger partial charge in [-0.1, -0.05) is 54.6 Å².